The summed E-state index contributed by atoms with van der Waals surface area (Å²) in [7, 11) is 1.53. The first-order chi connectivity index (χ1) is 18.3. The van der Waals surface area contributed by atoms with Crippen molar-refractivity contribution < 1.29 is 57.7 Å². The van der Waals surface area contributed by atoms with Gasteiger partial charge in [-0.05, 0) is 53.9 Å². The van der Waals surface area contributed by atoms with Gasteiger partial charge in [-0.15, -0.1) is 6.58 Å². The van der Waals surface area contributed by atoms with Gasteiger partial charge in [-0.2, -0.15) is 26.3 Å². The summed E-state index contributed by atoms with van der Waals surface area (Å²) in [6.45, 7) is 4.86. The van der Waals surface area contributed by atoms with Crippen LogP contribution in [0.3, 0.4) is 0 Å². The lowest BCUT2D eigenvalue weighted by Crippen LogP contribution is -3.00. The van der Waals surface area contributed by atoms with Crippen molar-refractivity contribution in [2.75, 3.05) is 20.2 Å². The van der Waals surface area contributed by atoms with Crippen LogP contribution < -0.4 is 21.7 Å². The van der Waals surface area contributed by atoms with Crippen LogP contribution in [0.15, 0.2) is 61.3 Å². The van der Waals surface area contributed by atoms with E-state index in [1.807, 2.05) is 6.08 Å². The number of hydrogen-bond donors (Lipinski definition) is 1. The number of benzene rings is 2. The van der Waals surface area contributed by atoms with Gasteiger partial charge in [0.1, 0.15) is 24.4 Å². The number of quaternary nitrogens is 1. The molecule has 2 bridgehead atoms. The number of methoxy groups -OCH3 is 1. The molecule has 6 rings (SSSR count). The van der Waals surface area contributed by atoms with E-state index in [1.165, 1.54) is 7.11 Å². The molecule has 216 valence electrons. The summed E-state index contributed by atoms with van der Waals surface area (Å²) >= 11 is 0. The fourth-order valence-electron chi connectivity index (χ4n) is 6.59. The number of fused-ring (bicyclic) bond motifs is 4. The second-order valence-electron chi connectivity index (χ2n) is 10.7. The van der Waals surface area contributed by atoms with Gasteiger partial charge in [0.2, 0.25) is 0 Å². The van der Waals surface area contributed by atoms with E-state index >= 15 is 0 Å². The van der Waals surface area contributed by atoms with E-state index in [-0.39, 0.29) is 51.5 Å². The summed E-state index contributed by atoms with van der Waals surface area (Å²) in [5, 5.41) is 12.5. The van der Waals surface area contributed by atoms with E-state index in [0.29, 0.717) is 41.7 Å². The van der Waals surface area contributed by atoms with Gasteiger partial charge >= 0.3 is 12.4 Å². The number of pyridine rings is 1. The highest BCUT2D eigenvalue weighted by atomic mass is 79.9. The Morgan fingerprint density at radius 3 is 2.35 bits per heavy atom. The maximum atomic E-state index is 13.6. The zero-order chi connectivity index (χ0) is 28.2. The predicted octanol–water partition coefficient (Wildman–Crippen LogP) is 3.93. The van der Waals surface area contributed by atoms with E-state index in [1.54, 1.807) is 30.5 Å². The molecule has 0 amide bonds. The smallest absolute Gasteiger partial charge is 0.416 e. The molecule has 4 nitrogen and oxygen atoms in total. The number of piperidine rings is 3. The molecule has 4 heterocycles. The van der Waals surface area contributed by atoms with Crippen molar-refractivity contribution in [2.24, 2.45) is 11.8 Å². The van der Waals surface area contributed by atoms with Crippen LogP contribution in [0, 0.1) is 11.8 Å². The quantitative estimate of drug-likeness (QED) is 0.255. The van der Waals surface area contributed by atoms with Gasteiger partial charge in [-0.25, -0.2) is 0 Å². The average molecular weight is 631 g/mol. The minimum atomic E-state index is -4.93. The van der Waals surface area contributed by atoms with Gasteiger partial charge in [-0.1, -0.05) is 6.08 Å². The summed E-state index contributed by atoms with van der Waals surface area (Å²) in [5.74, 6) is 0.843. The van der Waals surface area contributed by atoms with Crippen molar-refractivity contribution in [1.82, 2.24) is 4.98 Å². The van der Waals surface area contributed by atoms with Crippen LogP contribution in [-0.2, 0) is 18.9 Å². The van der Waals surface area contributed by atoms with E-state index in [4.69, 9.17) is 4.74 Å². The van der Waals surface area contributed by atoms with Crippen LogP contribution in [-0.4, -0.2) is 40.8 Å². The molecule has 3 saturated heterocycles. The molecule has 0 saturated carbocycles. The Hall–Kier alpha value is -2.63. The van der Waals surface area contributed by atoms with E-state index < -0.39 is 35.6 Å². The molecule has 5 atom stereocenters. The highest BCUT2D eigenvalue weighted by Crippen LogP contribution is 2.48. The topological polar surface area (TPSA) is 42.4 Å². The minimum Gasteiger partial charge on any atom is -1.00 e. The molecule has 3 aromatic rings. The lowest BCUT2D eigenvalue weighted by atomic mass is 9.71. The fourth-order valence-corrected chi connectivity index (χ4v) is 6.59. The van der Waals surface area contributed by atoms with E-state index in [9.17, 15) is 31.4 Å². The van der Waals surface area contributed by atoms with E-state index in [0.717, 1.165) is 18.6 Å². The maximum absolute atomic E-state index is 13.6. The number of rotatable bonds is 6. The normalized spacial score (nSPS) is 25.4. The second-order valence-corrected chi connectivity index (χ2v) is 10.7. The lowest BCUT2D eigenvalue weighted by Gasteiger charge is -2.58. The predicted molar refractivity (Wildman–Crippen MR) is 134 cm³/mol. The van der Waals surface area contributed by atoms with Gasteiger partial charge < -0.3 is 31.3 Å². The Labute approximate surface area is 238 Å². The Kier molecular flexibility index (Phi) is 8.33. The van der Waals surface area contributed by atoms with Gasteiger partial charge in [-0.3, -0.25) is 4.98 Å². The molecular formula is C29H29BrF6N2O2. The first-order valence-corrected chi connectivity index (χ1v) is 12.7. The molecule has 0 unspecified atom stereocenters. The standard InChI is InChI=1S/C29H29F6N2O2.BrH/c1-3-18-16-37(15-17-10-20(28(30,31)32)13-21(11-17)29(33,34)35)9-7-19(18)12-26(37)27(38)23-6-8-36-25-5-4-22(39-2)14-24(23)25;/h3-6,8,10-11,13-14,18-19,26-27,38H,1,7,9,12,15-16H2,2H3;1H/q+1;/p-1/t18-,19-,26-,27+,37-;/m0./s1. The molecule has 0 aliphatic carbocycles. The molecule has 0 spiro atoms. The first kappa shape index (κ1) is 30.3. The maximum Gasteiger partial charge on any atom is 0.416 e. The monoisotopic (exact) mass is 630 g/mol. The Morgan fingerprint density at radius 2 is 1.75 bits per heavy atom. The fraction of sp³-hybridized carbons (Fsp3) is 0.414. The summed E-state index contributed by atoms with van der Waals surface area (Å²) in [6.07, 6.45) is -6.16. The number of aliphatic hydroxyl groups excluding tert-OH is 1. The molecule has 2 aromatic carbocycles. The first-order valence-electron chi connectivity index (χ1n) is 12.7. The minimum absolute atomic E-state index is 0. The van der Waals surface area contributed by atoms with Crippen LogP contribution in [0.2, 0.25) is 0 Å². The number of aliphatic hydroxyl groups is 1. The van der Waals surface area contributed by atoms with Crippen molar-refractivity contribution in [3.63, 3.8) is 0 Å². The zero-order valence-electron chi connectivity index (χ0n) is 21.6. The van der Waals surface area contributed by atoms with Gasteiger partial charge in [0, 0.05) is 35.9 Å². The third-order valence-corrected chi connectivity index (χ3v) is 8.49. The number of halogens is 7. The molecule has 1 aromatic heterocycles. The summed E-state index contributed by atoms with van der Waals surface area (Å²) in [5.41, 5.74) is -1.47. The molecular weight excluding hydrogens is 602 g/mol. The van der Waals surface area contributed by atoms with Crippen LogP contribution in [0.5, 0.6) is 5.75 Å². The zero-order valence-corrected chi connectivity index (χ0v) is 23.2. The molecule has 40 heavy (non-hydrogen) atoms. The van der Waals surface area contributed by atoms with Crippen molar-refractivity contribution >= 4 is 10.9 Å². The summed E-state index contributed by atoms with van der Waals surface area (Å²) in [4.78, 5) is 4.37. The molecule has 11 heteroatoms. The molecule has 3 aliphatic rings. The lowest BCUT2D eigenvalue weighted by molar-refractivity contribution is -0.984. The van der Waals surface area contributed by atoms with Crippen LogP contribution in [0.25, 0.3) is 10.9 Å². The van der Waals surface area contributed by atoms with Crippen LogP contribution >= 0.6 is 0 Å². The second kappa shape index (κ2) is 11.0. The number of hydrogen-bond acceptors (Lipinski definition) is 3. The van der Waals surface area contributed by atoms with Crippen molar-refractivity contribution in [2.45, 2.75) is 43.9 Å². The van der Waals surface area contributed by atoms with Crippen LogP contribution in [0.4, 0.5) is 26.3 Å². The van der Waals surface area contributed by atoms with Gasteiger partial charge in [0.05, 0.1) is 36.8 Å². The third-order valence-electron chi connectivity index (χ3n) is 8.49. The number of nitrogens with zero attached hydrogens (tertiary/aromatic N) is 2. The van der Waals surface area contributed by atoms with Crippen molar-refractivity contribution in [3.8, 4) is 5.75 Å². The summed E-state index contributed by atoms with van der Waals surface area (Å²) < 4.78 is 87.2. The molecule has 3 aliphatic heterocycles. The molecule has 0 radical (unpaired) electrons. The number of aromatic nitrogens is 1. The Morgan fingerprint density at radius 1 is 1.07 bits per heavy atom. The SMILES string of the molecule is C=C[C@H]1C[N@@+]2(Cc3cc(C(F)(F)F)cc(C(F)(F)F)c3)CC[C@H]1C[C@H]2[C@H](O)c1ccnc2ccc(OC)cc12.[Br-]. The van der Waals surface area contributed by atoms with Gasteiger partial charge in [0.15, 0.2) is 0 Å². The molecule has 1 N–H and O–H groups in total. The largest absolute Gasteiger partial charge is 1.00 e. The Bertz CT molecular complexity index is 1360. The molecule has 3 fully saturated rings. The average Bonchev–Trinajstić information content (AvgIpc) is 2.90. The third kappa shape index (κ3) is 5.60. The van der Waals surface area contributed by atoms with Crippen molar-refractivity contribution in [1.29, 1.82) is 0 Å². The van der Waals surface area contributed by atoms with Gasteiger partial charge in [0.25, 0.3) is 0 Å². The van der Waals surface area contributed by atoms with Crippen LogP contribution in [0.1, 0.15) is 41.2 Å². The van der Waals surface area contributed by atoms with Crippen molar-refractivity contribution in [3.05, 3.63) is 83.6 Å². The highest BCUT2D eigenvalue weighted by molar-refractivity contribution is 5.83. The number of ether oxygens (including phenoxy) is 1. The Balaban J connectivity index is 0.00000370. The van der Waals surface area contributed by atoms with E-state index in [2.05, 4.69) is 11.6 Å². The number of alkyl halides is 6. The summed E-state index contributed by atoms with van der Waals surface area (Å²) in [6, 6.07) is 8.34. The highest BCUT2D eigenvalue weighted by Gasteiger charge is 2.54.